The number of aryl methyl sites for hydroxylation is 2. The van der Waals surface area contributed by atoms with Crippen molar-refractivity contribution in [2.24, 2.45) is 0 Å². The molecule has 0 aliphatic heterocycles. The summed E-state index contributed by atoms with van der Waals surface area (Å²) in [6.45, 7) is 4.32. The van der Waals surface area contributed by atoms with E-state index in [-0.39, 0.29) is 19.5 Å². The van der Waals surface area contributed by atoms with Crippen molar-refractivity contribution in [3.8, 4) is 0 Å². The first-order chi connectivity index (χ1) is 6.86. The van der Waals surface area contributed by atoms with Crippen molar-refractivity contribution in [2.45, 2.75) is 26.7 Å². The summed E-state index contributed by atoms with van der Waals surface area (Å²) in [7, 11) is 0. The predicted octanol–water partition coefficient (Wildman–Crippen LogP) is 3.93. The molecule has 0 aliphatic carbocycles. The van der Waals surface area contributed by atoms with Gasteiger partial charge in [-0.2, -0.15) is 35.4 Å². The molecule has 15 heavy (non-hydrogen) atoms. The van der Waals surface area contributed by atoms with E-state index >= 15 is 0 Å². The molecular weight excluding hydrogens is 234 g/mol. The molecule has 0 saturated heterocycles. The van der Waals surface area contributed by atoms with Crippen molar-refractivity contribution in [1.29, 1.82) is 0 Å². The van der Waals surface area contributed by atoms with Crippen LogP contribution in [-0.4, -0.2) is 0 Å². The second-order valence-electron chi connectivity index (χ2n) is 3.29. The van der Waals surface area contributed by atoms with Gasteiger partial charge in [0.05, 0.1) is 0 Å². The van der Waals surface area contributed by atoms with E-state index in [0.29, 0.717) is 0 Å². The molecule has 0 unspecified atom stereocenters. The molecular formula is C14H18Zn. The average Bonchev–Trinajstić information content (AvgIpc) is 2.92. The van der Waals surface area contributed by atoms with Crippen LogP contribution in [0.2, 0.25) is 0 Å². The maximum Gasteiger partial charge on any atom is 2.00 e. The summed E-state index contributed by atoms with van der Waals surface area (Å²) < 4.78 is 0. The number of rotatable bonds is 2. The molecule has 0 fully saturated rings. The fourth-order valence-electron chi connectivity index (χ4n) is 1.30. The second kappa shape index (κ2) is 8.62. The molecule has 76 valence electrons. The third-order valence-corrected chi connectivity index (χ3v) is 2.28. The van der Waals surface area contributed by atoms with Gasteiger partial charge in [-0.1, -0.05) is 26.7 Å². The van der Waals surface area contributed by atoms with E-state index in [0.717, 1.165) is 12.8 Å². The zero-order chi connectivity index (χ0) is 10.2. The topological polar surface area (TPSA) is 0 Å². The van der Waals surface area contributed by atoms with Crippen LogP contribution in [0.3, 0.4) is 0 Å². The molecule has 0 spiro atoms. The van der Waals surface area contributed by atoms with E-state index in [9.17, 15) is 0 Å². The van der Waals surface area contributed by atoms with Gasteiger partial charge in [-0.05, 0) is 0 Å². The minimum atomic E-state index is 0. The van der Waals surface area contributed by atoms with Gasteiger partial charge in [-0.3, -0.25) is 0 Å². The van der Waals surface area contributed by atoms with Crippen molar-refractivity contribution in [1.82, 2.24) is 0 Å². The summed E-state index contributed by atoms with van der Waals surface area (Å²) in [6, 6.07) is 16.8. The quantitative estimate of drug-likeness (QED) is 0.560. The Bertz CT molecular complexity index is 269. The molecule has 0 radical (unpaired) electrons. The molecule has 0 aromatic heterocycles. The molecule has 0 heterocycles. The molecule has 2 aromatic rings. The van der Waals surface area contributed by atoms with Crippen molar-refractivity contribution in [2.75, 3.05) is 0 Å². The first-order valence-corrected chi connectivity index (χ1v) is 5.28. The van der Waals surface area contributed by atoms with Gasteiger partial charge in [-0.15, -0.1) is 0 Å². The van der Waals surface area contributed by atoms with Gasteiger partial charge in [0, 0.05) is 0 Å². The zero-order valence-electron chi connectivity index (χ0n) is 9.74. The first-order valence-electron chi connectivity index (χ1n) is 5.28. The van der Waals surface area contributed by atoms with E-state index in [1.54, 1.807) is 0 Å². The maximum absolute atomic E-state index is 2.16. The minimum Gasteiger partial charge on any atom is -0.213 e. The summed E-state index contributed by atoms with van der Waals surface area (Å²) in [4.78, 5) is 0. The van der Waals surface area contributed by atoms with Gasteiger partial charge in [-0.25, -0.2) is 24.3 Å². The third kappa shape index (κ3) is 5.69. The minimum absolute atomic E-state index is 0. The van der Waals surface area contributed by atoms with Gasteiger partial charge in [0.25, 0.3) is 0 Å². The fourth-order valence-corrected chi connectivity index (χ4v) is 1.30. The van der Waals surface area contributed by atoms with Gasteiger partial charge in [0.15, 0.2) is 0 Å². The van der Waals surface area contributed by atoms with Crippen LogP contribution in [0.15, 0.2) is 48.5 Å². The Morgan fingerprint density at radius 2 is 0.933 bits per heavy atom. The van der Waals surface area contributed by atoms with Crippen LogP contribution in [-0.2, 0) is 32.3 Å². The summed E-state index contributed by atoms with van der Waals surface area (Å²) in [6.07, 6.45) is 2.32. The van der Waals surface area contributed by atoms with Crippen LogP contribution >= 0.6 is 0 Å². The van der Waals surface area contributed by atoms with Crippen LogP contribution in [0.5, 0.6) is 0 Å². The molecule has 0 atom stereocenters. The molecule has 0 amide bonds. The summed E-state index contributed by atoms with van der Waals surface area (Å²) >= 11 is 0. The van der Waals surface area contributed by atoms with E-state index in [1.165, 1.54) is 11.1 Å². The molecule has 0 N–H and O–H groups in total. The van der Waals surface area contributed by atoms with Crippen molar-refractivity contribution < 1.29 is 19.5 Å². The number of hydrogen-bond donors (Lipinski definition) is 0. The van der Waals surface area contributed by atoms with E-state index in [4.69, 9.17) is 0 Å². The molecule has 0 saturated carbocycles. The van der Waals surface area contributed by atoms with Crippen LogP contribution in [0.1, 0.15) is 25.0 Å². The van der Waals surface area contributed by atoms with Crippen molar-refractivity contribution >= 4 is 0 Å². The number of hydrogen-bond acceptors (Lipinski definition) is 0. The van der Waals surface area contributed by atoms with Gasteiger partial charge in [0.2, 0.25) is 0 Å². The van der Waals surface area contributed by atoms with Crippen LogP contribution in [0.4, 0.5) is 0 Å². The smallest absolute Gasteiger partial charge is 0.213 e. The molecule has 0 nitrogen and oxygen atoms in total. The zero-order valence-corrected chi connectivity index (χ0v) is 12.7. The van der Waals surface area contributed by atoms with Gasteiger partial charge < -0.3 is 0 Å². The summed E-state index contributed by atoms with van der Waals surface area (Å²) in [5.41, 5.74) is 2.86. The standard InChI is InChI=1S/2C7H9.Zn/c2*1-2-7-5-3-4-6-7;/h2*3-6H,2H2,1H3;/q2*-1;+2. The molecule has 2 aromatic carbocycles. The average molecular weight is 252 g/mol. The third-order valence-electron chi connectivity index (χ3n) is 2.28. The Morgan fingerprint density at radius 3 is 1.07 bits per heavy atom. The molecule has 2 rings (SSSR count). The monoisotopic (exact) mass is 250 g/mol. The Labute approximate surface area is 106 Å². The largest absolute Gasteiger partial charge is 2.00 e. The van der Waals surface area contributed by atoms with Gasteiger partial charge in [0.1, 0.15) is 0 Å². The molecule has 0 aliphatic rings. The molecule has 0 bridgehead atoms. The van der Waals surface area contributed by atoms with Crippen molar-refractivity contribution in [3.63, 3.8) is 0 Å². The Kier molecular flexibility index (Phi) is 8.23. The van der Waals surface area contributed by atoms with E-state index in [2.05, 4.69) is 62.4 Å². The fraction of sp³-hybridized carbons (Fsp3) is 0.286. The predicted molar refractivity (Wildman–Crippen MR) is 62.8 cm³/mol. The summed E-state index contributed by atoms with van der Waals surface area (Å²) in [5.74, 6) is 0. The Morgan fingerprint density at radius 1 is 0.667 bits per heavy atom. The Hall–Kier alpha value is -0.677. The van der Waals surface area contributed by atoms with Gasteiger partial charge >= 0.3 is 19.5 Å². The van der Waals surface area contributed by atoms with Crippen LogP contribution in [0, 0.1) is 0 Å². The first kappa shape index (κ1) is 14.3. The van der Waals surface area contributed by atoms with Crippen LogP contribution < -0.4 is 0 Å². The maximum atomic E-state index is 2.16. The normalized spacial score (nSPS) is 8.67. The summed E-state index contributed by atoms with van der Waals surface area (Å²) in [5, 5.41) is 0. The van der Waals surface area contributed by atoms with Crippen molar-refractivity contribution in [3.05, 3.63) is 59.7 Å². The van der Waals surface area contributed by atoms with E-state index < -0.39 is 0 Å². The SMILES string of the molecule is CC[c-]1cccc1.CC[c-]1cccc1.[Zn+2]. The van der Waals surface area contributed by atoms with Crippen LogP contribution in [0.25, 0.3) is 0 Å². The Balaban J connectivity index is 0.000000245. The van der Waals surface area contributed by atoms with E-state index in [1.807, 2.05) is 0 Å². The molecule has 1 heteroatoms. The second-order valence-corrected chi connectivity index (χ2v) is 3.29.